The van der Waals surface area contributed by atoms with Crippen LogP contribution in [-0.2, 0) is 7.05 Å². The molecule has 0 saturated carbocycles. The Morgan fingerprint density at radius 2 is 1.89 bits per heavy atom. The summed E-state index contributed by atoms with van der Waals surface area (Å²) in [6.07, 6.45) is 1.86. The molecule has 0 fully saturated rings. The van der Waals surface area contributed by atoms with E-state index < -0.39 is 0 Å². The highest BCUT2D eigenvalue weighted by Crippen LogP contribution is 2.12. The topological polar surface area (TPSA) is 33.0 Å². The summed E-state index contributed by atoms with van der Waals surface area (Å²) in [5, 5.41) is 4.05. The van der Waals surface area contributed by atoms with Crippen molar-refractivity contribution < 1.29 is 9.36 Å². The average molecular weight is 243 g/mol. The van der Waals surface area contributed by atoms with Crippen molar-refractivity contribution in [1.29, 1.82) is 0 Å². The molecule has 94 valence electrons. The molecular weight excluding hydrogens is 224 g/mol. The van der Waals surface area contributed by atoms with E-state index in [-0.39, 0.29) is 11.4 Å². The number of hydrogen-bond donors (Lipinski definition) is 1. The fourth-order valence-corrected chi connectivity index (χ4v) is 1.95. The van der Waals surface area contributed by atoms with Crippen molar-refractivity contribution in [3.05, 3.63) is 42.1 Å². The lowest BCUT2D eigenvalue weighted by atomic mass is 10.1. The van der Waals surface area contributed by atoms with Gasteiger partial charge in [-0.05, 0) is 32.9 Å². The minimum atomic E-state index is -0.221. The first kappa shape index (κ1) is 12.6. The Morgan fingerprint density at radius 1 is 1.22 bits per heavy atom. The minimum Gasteiger partial charge on any atom is -0.347 e. The van der Waals surface area contributed by atoms with Gasteiger partial charge in [0.1, 0.15) is 12.6 Å². The van der Waals surface area contributed by atoms with Crippen molar-refractivity contribution in [3.63, 3.8) is 0 Å². The van der Waals surface area contributed by atoms with Crippen molar-refractivity contribution in [3.8, 4) is 0 Å². The molecule has 2 aromatic rings. The van der Waals surface area contributed by atoms with Crippen LogP contribution >= 0.6 is 0 Å². The molecule has 2 rings (SSSR count). The SMILES string of the molecule is C[n+]1cc(C(=O)NC(C)(C)C)cc2ccccc21. The van der Waals surface area contributed by atoms with Gasteiger partial charge in [-0.15, -0.1) is 0 Å². The predicted octanol–water partition coefficient (Wildman–Crippen LogP) is 2.19. The lowest BCUT2D eigenvalue weighted by Crippen LogP contribution is -2.41. The molecular formula is C15H19N2O+. The number of para-hydroxylation sites is 1. The molecule has 0 spiro atoms. The van der Waals surface area contributed by atoms with Gasteiger partial charge in [-0.1, -0.05) is 12.1 Å². The maximum atomic E-state index is 12.1. The van der Waals surface area contributed by atoms with Crippen molar-refractivity contribution in [2.24, 2.45) is 7.05 Å². The van der Waals surface area contributed by atoms with Crippen LogP contribution in [0.1, 0.15) is 31.1 Å². The molecule has 0 radical (unpaired) electrons. The standard InChI is InChI=1S/C15H18N2O/c1-15(2,3)16-14(18)12-9-11-7-5-6-8-13(11)17(4)10-12/h5-10H,1-4H3/p+1. The Kier molecular flexibility index (Phi) is 3.07. The number of aromatic nitrogens is 1. The first-order valence-corrected chi connectivity index (χ1v) is 6.08. The Balaban J connectivity index is 2.44. The lowest BCUT2D eigenvalue weighted by molar-refractivity contribution is -0.645. The summed E-state index contributed by atoms with van der Waals surface area (Å²) in [6.45, 7) is 5.93. The summed E-state index contributed by atoms with van der Waals surface area (Å²) in [4.78, 5) is 12.1. The van der Waals surface area contributed by atoms with Crippen LogP contribution in [0.4, 0.5) is 0 Å². The molecule has 0 unspecified atom stereocenters. The Bertz CT molecular complexity index is 597. The van der Waals surface area contributed by atoms with Crippen LogP contribution in [-0.4, -0.2) is 11.4 Å². The maximum Gasteiger partial charge on any atom is 0.257 e. The lowest BCUT2D eigenvalue weighted by Gasteiger charge is -2.20. The van der Waals surface area contributed by atoms with Crippen LogP contribution in [0.25, 0.3) is 10.9 Å². The number of carbonyl (C=O) groups is 1. The van der Waals surface area contributed by atoms with Crippen molar-refractivity contribution in [1.82, 2.24) is 5.32 Å². The number of benzene rings is 1. The van der Waals surface area contributed by atoms with Crippen molar-refractivity contribution >= 4 is 16.8 Å². The second kappa shape index (κ2) is 4.41. The van der Waals surface area contributed by atoms with Gasteiger partial charge in [0.25, 0.3) is 5.91 Å². The number of carbonyl (C=O) groups excluding carboxylic acids is 1. The highest BCUT2D eigenvalue weighted by atomic mass is 16.1. The zero-order valence-corrected chi connectivity index (χ0v) is 11.3. The van der Waals surface area contributed by atoms with Crippen LogP contribution in [0.15, 0.2) is 36.5 Å². The number of amides is 1. The first-order chi connectivity index (χ1) is 8.37. The van der Waals surface area contributed by atoms with Crippen LogP contribution < -0.4 is 9.88 Å². The van der Waals surface area contributed by atoms with Gasteiger partial charge in [-0.25, -0.2) is 4.57 Å². The second-order valence-electron chi connectivity index (χ2n) is 5.60. The summed E-state index contributed by atoms with van der Waals surface area (Å²) < 4.78 is 1.98. The zero-order valence-electron chi connectivity index (χ0n) is 11.3. The summed E-state index contributed by atoms with van der Waals surface area (Å²) in [5.41, 5.74) is 1.58. The number of hydrogen-bond acceptors (Lipinski definition) is 1. The van der Waals surface area contributed by atoms with E-state index in [1.54, 1.807) is 0 Å². The molecule has 0 aliphatic rings. The van der Waals surface area contributed by atoms with E-state index in [1.165, 1.54) is 0 Å². The summed E-state index contributed by atoms with van der Waals surface area (Å²) in [5.74, 6) is -0.0381. The number of rotatable bonds is 1. The molecule has 0 aliphatic carbocycles. The quantitative estimate of drug-likeness (QED) is 0.765. The molecule has 0 bridgehead atoms. The molecule has 1 aromatic heterocycles. The number of nitrogens with one attached hydrogen (secondary N) is 1. The fraction of sp³-hybridized carbons (Fsp3) is 0.333. The van der Waals surface area contributed by atoms with Gasteiger partial charge in [-0.2, -0.15) is 0 Å². The number of fused-ring (bicyclic) bond motifs is 1. The third-order valence-electron chi connectivity index (χ3n) is 2.71. The highest BCUT2D eigenvalue weighted by molar-refractivity contribution is 5.96. The van der Waals surface area contributed by atoms with Gasteiger partial charge in [0.2, 0.25) is 5.52 Å². The van der Waals surface area contributed by atoms with Crippen molar-refractivity contribution in [2.75, 3.05) is 0 Å². The minimum absolute atomic E-state index is 0.0381. The normalized spacial score (nSPS) is 11.6. The molecule has 1 N–H and O–H groups in total. The van der Waals surface area contributed by atoms with E-state index in [4.69, 9.17) is 0 Å². The van der Waals surface area contributed by atoms with Gasteiger partial charge in [-0.3, -0.25) is 4.79 Å². The third kappa shape index (κ3) is 2.67. The number of aryl methyl sites for hydroxylation is 1. The molecule has 1 amide bonds. The predicted molar refractivity (Wildman–Crippen MR) is 72.3 cm³/mol. The van der Waals surface area contributed by atoms with Crippen LogP contribution in [0.2, 0.25) is 0 Å². The Morgan fingerprint density at radius 3 is 2.56 bits per heavy atom. The molecule has 0 atom stereocenters. The molecule has 0 aliphatic heterocycles. The highest BCUT2D eigenvalue weighted by Gasteiger charge is 2.18. The van der Waals surface area contributed by atoms with Gasteiger partial charge >= 0.3 is 0 Å². The Labute approximate surface area is 107 Å². The molecule has 18 heavy (non-hydrogen) atoms. The second-order valence-corrected chi connectivity index (χ2v) is 5.60. The molecule has 1 aromatic carbocycles. The molecule has 0 saturated heterocycles. The third-order valence-corrected chi connectivity index (χ3v) is 2.71. The van der Waals surface area contributed by atoms with Gasteiger partial charge < -0.3 is 5.32 Å². The largest absolute Gasteiger partial charge is 0.347 e. The van der Waals surface area contributed by atoms with E-state index in [1.807, 2.05) is 68.9 Å². The van der Waals surface area contributed by atoms with Crippen LogP contribution in [0, 0.1) is 0 Å². The van der Waals surface area contributed by atoms with Gasteiger partial charge in [0.05, 0.1) is 0 Å². The van der Waals surface area contributed by atoms with Crippen LogP contribution in [0.3, 0.4) is 0 Å². The van der Waals surface area contributed by atoms with E-state index in [9.17, 15) is 4.79 Å². The van der Waals surface area contributed by atoms with Crippen molar-refractivity contribution in [2.45, 2.75) is 26.3 Å². The number of nitrogens with zero attached hydrogens (tertiary/aromatic N) is 1. The number of pyridine rings is 1. The fourth-order valence-electron chi connectivity index (χ4n) is 1.95. The Hall–Kier alpha value is -1.90. The van der Waals surface area contributed by atoms with E-state index in [0.29, 0.717) is 5.56 Å². The van der Waals surface area contributed by atoms with E-state index >= 15 is 0 Å². The van der Waals surface area contributed by atoms with Gasteiger partial charge in [0, 0.05) is 17.0 Å². The molecule has 1 heterocycles. The summed E-state index contributed by atoms with van der Waals surface area (Å²) >= 11 is 0. The van der Waals surface area contributed by atoms with Crippen LogP contribution in [0.5, 0.6) is 0 Å². The van der Waals surface area contributed by atoms with Gasteiger partial charge in [0.15, 0.2) is 6.20 Å². The monoisotopic (exact) mass is 243 g/mol. The smallest absolute Gasteiger partial charge is 0.257 e. The van der Waals surface area contributed by atoms with E-state index in [2.05, 4.69) is 5.32 Å². The maximum absolute atomic E-state index is 12.1. The molecule has 3 nitrogen and oxygen atoms in total. The summed E-state index contributed by atoms with van der Waals surface area (Å²) in [7, 11) is 1.95. The zero-order chi connectivity index (χ0) is 13.3. The molecule has 3 heteroatoms. The summed E-state index contributed by atoms with van der Waals surface area (Å²) in [6, 6.07) is 9.96. The van der Waals surface area contributed by atoms with E-state index in [0.717, 1.165) is 10.9 Å². The average Bonchev–Trinajstić information content (AvgIpc) is 2.26. The first-order valence-electron chi connectivity index (χ1n) is 6.08.